The van der Waals surface area contributed by atoms with E-state index in [1.54, 1.807) is 12.1 Å². The number of imide groups is 1. The maximum Gasteiger partial charge on any atom is 0.327 e. The van der Waals surface area contributed by atoms with Crippen LogP contribution >= 0.6 is 0 Å². The number of nitrogens with zero attached hydrogens (tertiary/aromatic N) is 1. The van der Waals surface area contributed by atoms with Gasteiger partial charge in [-0.15, -0.1) is 0 Å². The van der Waals surface area contributed by atoms with Gasteiger partial charge in [0.1, 0.15) is 0 Å². The Kier molecular flexibility index (Phi) is 1.91. The number of aromatic nitrogens is 2. The van der Waals surface area contributed by atoms with Crippen LogP contribution in [-0.4, -0.2) is 26.9 Å². The van der Waals surface area contributed by atoms with Crippen LogP contribution < -0.4 is 10.6 Å². The van der Waals surface area contributed by atoms with E-state index < -0.39 is 23.4 Å². The zero-order valence-corrected chi connectivity index (χ0v) is 8.93. The first kappa shape index (κ1) is 10.3. The maximum absolute atomic E-state index is 12.0. The normalized spacial score (nSPS) is 14.1. The number of aromatic amines is 2. The topological polar surface area (TPSA) is 106 Å². The Morgan fingerprint density at radius 3 is 1.94 bits per heavy atom. The predicted octanol–water partition coefficient (Wildman–Crippen LogP) is 0.209. The van der Waals surface area contributed by atoms with Crippen molar-refractivity contribution in [2.75, 3.05) is 4.90 Å². The number of hydrogen-bond acceptors (Lipinski definition) is 4. The van der Waals surface area contributed by atoms with E-state index in [1.165, 1.54) is 12.1 Å². The minimum absolute atomic E-state index is 0.240. The number of amides is 2. The monoisotopic (exact) mass is 245 g/mol. The number of carbonyl (C=O) groups excluding carboxylic acids is 2. The lowest BCUT2D eigenvalue weighted by molar-refractivity contribution is 0.0924. The van der Waals surface area contributed by atoms with Crippen molar-refractivity contribution in [1.82, 2.24) is 9.97 Å². The van der Waals surface area contributed by atoms with Crippen LogP contribution in [0.15, 0.2) is 29.1 Å². The lowest BCUT2D eigenvalue weighted by Gasteiger charge is -2.10. The molecular weight excluding hydrogens is 238 g/mol. The Morgan fingerprint density at radius 1 is 0.944 bits per heavy atom. The van der Waals surface area contributed by atoms with Gasteiger partial charge >= 0.3 is 5.69 Å². The molecule has 0 bridgehead atoms. The summed E-state index contributed by atoms with van der Waals surface area (Å²) in [6, 6.07) is 6.29. The fourth-order valence-corrected chi connectivity index (χ4v) is 1.92. The maximum atomic E-state index is 12.0. The number of carbonyl (C=O) groups is 2. The second-order valence-electron chi connectivity index (χ2n) is 3.77. The van der Waals surface area contributed by atoms with Crippen molar-refractivity contribution in [3.63, 3.8) is 0 Å². The summed E-state index contributed by atoms with van der Waals surface area (Å²) < 4.78 is 0. The SMILES string of the molecule is O=C1c2ccccc2C(=O)N1c1[nH]c(=O)[nH]c1O. The molecule has 0 atom stereocenters. The summed E-state index contributed by atoms with van der Waals surface area (Å²) in [6.45, 7) is 0. The fraction of sp³-hybridized carbons (Fsp3) is 0. The van der Waals surface area contributed by atoms with Crippen LogP contribution in [0.1, 0.15) is 20.7 Å². The van der Waals surface area contributed by atoms with Gasteiger partial charge in [0.05, 0.1) is 11.1 Å². The van der Waals surface area contributed by atoms with E-state index in [1.807, 2.05) is 0 Å². The zero-order valence-electron chi connectivity index (χ0n) is 8.93. The Balaban J connectivity index is 2.18. The Morgan fingerprint density at radius 2 is 1.50 bits per heavy atom. The molecule has 2 amide bonds. The number of imidazole rings is 1. The third-order valence-corrected chi connectivity index (χ3v) is 2.71. The van der Waals surface area contributed by atoms with Crippen LogP contribution in [0.3, 0.4) is 0 Å². The zero-order chi connectivity index (χ0) is 12.9. The molecule has 18 heavy (non-hydrogen) atoms. The van der Waals surface area contributed by atoms with Crippen molar-refractivity contribution in [3.05, 3.63) is 45.9 Å². The molecule has 3 N–H and O–H groups in total. The van der Waals surface area contributed by atoms with Crippen molar-refractivity contribution in [3.8, 4) is 5.88 Å². The summed E-state index contributed by atoms with van der Waals surface area (Å²) in [5.74, 6) is -1.96. The molecule has 0 fully saturated rings. The number of hydrogen-bond donors (Lipinski definition) is 3. The third-order valence-electron chi connectivity index (χ3n) is 2.71. The molecule has 1 aromatic heterocycles. The van der Waals surface area contributed by atoms with Crippen molar-refractivity contribution in [2.45, 2.75) is 0 Å². The van der Waals surface area contributed by atoms with Crippen molar-refractivity contribution >= 4 is 17.6 Å². The smallest absolute Gasteiger partial charge is 0.327 e. The number of H-pyrrole nitrogens is 2. The van der Waals surface area contributed by atoms with Crippen LogP contribution in [0.4, 0.5) is 5.82 Å². The Labute approximate surface area is 99.7 Å². The molecule has 0 saturated carbocycles. The summed E-state index contributed by atoms with van der Waals surface area (Å²) in [7, 11) is 0. The summed E-state index contributed by atoms with van der Waals surface area (Å²) in [4.78, 5) is 40.1. The molecule has 1 aromatic carbocycles. The average Bonchev–Trinajstić information content (AvgIpc) is 2.79. The lowest BCUT2D eigenvalue weighted by Crippen LogP contribution is -2.30. The summed E-state index contributed by atoms with van der Waals surface area (Å²) in [5.41, 5.74) is -0.216. The first-order valence-electron chi connectivity index (χ1n) is 5.08. The number of fused-ring (bicyclic) bond motifs is 1. The van der Waals surface area contributed by atoms with Gasteiger partial charge in [0.2, 0.25) is 5.88 Å². The molecule has 1 aliphatic rings. The van der Waals surface area contributed by atoms with Gasteiger partial charge in [-0.05, 0) is 12.1 Å². The summed E-state index contributed by atoms with van der Waals surface area (Å²) >= 11 is 0. The lowest BCUT2D eigenvalue weighted by atomic mass is 10.1. The Bertz CT molecular complexity index is 693. The molecule has 0 radical (unpaired) electrons. The molecule has 0 saturated heterocycles. The molecule has 0 spiro atoms. The highest BCUT2D eigenvalue weighted by Gasteiger charge is 2.38. The van der Waals surface area contributed by atoms with E-state index in [2.05, 4.69) is 9.97 Å². The molecule has 0 aliphatic carbocycles. The molecule has 90 valence electrons. The quantitative estimate of drug-likeness (QED) is 0.624. The van der Waals surface area contributed by atoms with Crippen LogP contribution in [0.2, 0.25) is 0 Å². The molecule has 3 rings (SSSR count). The highest BCUT2D eigenvalue weighted by Crippen LogP contribution is 2.30. The first-order chi connectivity index (χ1) is 8.59. The number of aromatic hydroxyl groups is 1. The summed E-state index contributed by atoms with van der Waals surface area (Å²) in [5, 5.41) is 9.47. The Hall–Kier alpha value is -2.83. The van der Waals surface area contributed by atoms with Gasteiger partial charge in [0, 0.05) is 0 Å². The highest BCUT2D eigenvalue weighted by molar-refractivity contribution is 6.34. The fourth-order valence-electron chi connectivity index (χ4n) is 1.92. The number of anilines is 1. The molecule has 0 unspecified atom stereocenters. The first-order valence-corrected chi connectivity index (χ1v) is 5.08. The van der Waals surface area contributed by atoms with E-state index in [0.717, 1.165) is 4.90 Å². The second-order valence-corrected chi connectivity index (χ2v) is 3.77. The van der Waals surface area contributed by atoms with Gasteiger partial charge in [-0.25, -0.2) is 9.69 Å². The minimum Gasteiger partial charge on any atom is -0.492 e. The highest BCUT2D eigenvalue weighted by atomic mass is 16.3. The van der Waals surface area contributed by atoms with E-state index >= 15 is 0 Å². The van der Waals surface area contributed by atoms with Crippen molar-refractivity contribution in [2.24, 2.45) is 0 Å². The van der Waals surface area contributed by atoms with Crippen LogP contribution in [0.25, 0.3) is 0 Å². The molecule has 7 heteroatoms. The standard InChI is InChI=1S/C11H7N3O4/c15-8-7(12-11(18)13-8)14-9(16)5-3-1-2-4-6(5)10(14)17/h1-4,15H,(H2,12,13,18). The molecule has 2 heterocycles. The number of nitrogens with one attached hydrogen (secondary N) is 2. The van der Waals surface area contributed by atoms with Crippen LogP contribution in [0.5, 0.6) is 5.88 Å². The van der Waals surface area contributed by atoms with E-state index in [0.29, 0.717) is 0 Å². The third kappa shape index (κ3) is 1.21. The number of rotatable bonds is 1. The molecule has 1 aliphatic heterocycles. The van der Waals surface area contributed by atoms with Crippen LogP contribution in [-0.2, 0) is 0 Å². The van der Waals surface area contributed by atoms with E-state index in [-0.39, 0.29) is 16.9 Å². The van der Waals surface area contributed by atoms with Gasteiger partial charge in [0.15, 0.2) is 5.82 Å². The number of benzene rings is 1. The van der Waals surface area contributed by atoms with Crippen molar-refractivity contribution < 1.29 is 14.7 Å². The van der Waals surface area contributed by atoms with Gasteiger partial charge < -0.3 is 5.11 Å². The van der Waals surface area contributed by atoms with Crippen molar-refractivity contribution in [1.29, 1.82) is 0 Å². The molecule has 2 aromatic rings. The molecule has 7 nitrogen and oxygen atoms in total. The van der Waals surface area contributed by atoms with E-state index in [9.17, 15) is 19.5 Å². The van der Waals surface area contributed by atoms with Gasteiger partial charge in [0.25, 0.3) is 11.8 Å². The minimum atomic E-state index is -0.695. The molecular formula is C11H7N3O4. The predicted molar refractivity (Wildman–Crippen MR) is 60.7 cm³/mol. The van der Waals surface area contributed by atoms with Gasteiger partial charge in [-0.2, -0.15) is 0 Å². The largest absolute Gasteiger partial charge is 0.492 e. The van der Waals surface area contributed by atoms with E-state index in [4.69, 9.17) is 0 Å². The van der Waals surface area contributed by atoms with Gasteiger partial charge in [-0.1, -0.05) is 12.1 Å². The average molecular weight is 245 g/mol. The van der Waals surface area contributed by atoms with Crippen LogP contribution in [0, 0.1) is 0 Å². The second kappa shape index (κ2) is 3.33. The van der Waals surface area contributed by atoms with Gasteiger partial charge in [-0.3, -0.25) is 19.6 Å². The summed E-state index contributed by atoms with van der Waals surface area (Å²) in [6.07, 6.45) is 0.